The molecule has 1 aromatic heterocycles. The van der Waals surface area contributed by atoms with E-state index in [2.05, 4.69) is 72.3 Å². The van der Waals surface area contributed by atoms with Crippen LogP contribution in [0.1, 0.15) is 33.0 Å². The minimum atomic E-state index is 0.162. The summed E-state index contributed by atoms with van der Waals surface area (Å²) in [6.07, 6.45) is 3.16. The van der Waals surface area contributed by atoms with Crippen LogP contribution in [-0.4, -0.2) is 46.1 Å². The number of imidazole rings is 1. The molecule has 0 spiro atoms. The van der Waals surface area contributed by atoms with Gasteiger partial charge in [0.25, 0.3) is 0 Å². The molecule has 0 atom stereocenters. The average molecular weight is 362 g/mol. The van der Waals surface area contributed by atoms with Gasteiger partial charge in [0.15, 0.2) is 5.96 Å². The fourth-order valence-corrected chi connectivity index (χ4v) is 2.79. The van der Waals surface area contributed by atoms with Crippen LogP contribution in [0.25, 0.3) is 11.0 Å². The van der Waals surface area contributed by atoms with Crippen molar-refractivity contribution in [3.8, 4) is 0 Å². The minimum Gasteiger partial charge on any atom is -0.357 e. The predicted octanol–water partition coefficient (Wildman–Crippen LogP) is 3.43. The highest BCUT2D eigenvalue weighted by Gasteiger charge is 2.15. The normalized spacial score (nSPS) is 12.6. The number of rotatable bonds is 8. The molecule has 5 nitrogen and oxygen atoms in total. The molecule has 0 bridgehead atoms. The summed E-state index contributed by atoms with van der Waals surface area (Å²) in [7, 11) is 0. The van der Waals surface area contributed by atoms with E-state index < -0.39 is 0 Å². The maximum absolute atomic E-state index is 4.71. The van der Waals surface area contributed by atoms with E-state index in [0.29, 0.717) is 0 Å². The Hall–Kier alpha value is -1.69. The van der Waals surface area contributed by atoms with Crippen molar-refractivity contribution in [1.29, 1.82) is 0 Å². The Bertz CT molecular complexity index is 705. The molecule has 0 aliphatic rings. The number of hydrogen-bond donors (Lipinski definition) is 2. The zero-order valence-electron chi connectivity index (χ0n) is 16.1. The molecule has 0 fully saturated rings. The van der Waals surface area contributed by atoms with Gasteiger partial charge in [0.1, 0.15) is 5.82 Å². The number of aromatic nitrogens is 2. The first-order valence-corrected chi connectivity index (χ1v) is 10.2. The monoisotopic (exact) mass is 361 g/mol. The third-order valence-corrected chi connectivity index (χ3v) is 5.45. The van der Waals surface area contributed by atoms with Gasteiger partial charge in [-0.25, -0.2) is 4.98 Å². The lowest BCUT2D eigenvalue weighted by Gasteiger charge is -2.20. The molecule has 138 valence electrons. The Morgan fingerprint density at radius 2 is 2.04 bits per heavy atom. The lowest BCUT2D eigenvalue weighted by molar-refractivity contribution is 0.622. The van der Waals surface area contributed by atoms with Crippen molar-refractivity contribution < 1.29 is 0 Å². The van der Waals surface area contributed by atoms with Crippen LogP contribution in [0.5, 0.6) is 0 Å². The van der Waals surface area contributed by atoms with Gasteiger partial charge in [-0.3, -0.25) is 4.99 Å². The van der Waals surface area contributed by atoms with Gasteiger partial charge in [-0.05, 0) is 52.5 Å². The number of nitrogens with zero attached hydrogens (tertiary/aromatic N) is 3. The standard InChI is InChI=1S/C19H31N5S/c1-6-20-18(22-14-19(3,4)25-5)21-12-9-13-24-15(2)23-16-10-7-8-11-17(16)24/h7-8,10-11H,6,9,12-14H2,1-5H3,(H2,20,21,22). The summed E-state index contributed by atoms with van der Waals surface area (Å²) >= 11 is 1.84. The quantitative estimate of drug-likeness (QED) is 0.430. The van der Waals surface area contributed by atoms with E-state index in [1.165, 1.54) is 5.52 Å². The second-order valence-electron chi connectivity index (χ2n) is 6.74. The highest BCUT2D eigenvalue weighted by atomic mass is 32.2. The van der Waals surface area contributed by atoms with Crippen LogP contribution in [0.15, 0.2) is 29.3 Å². The largest absolute Gasteiger partial charge is 0.357 e. The molecule has 0 aliphatic heterocycles. The molecule has 0 unspecified atom stereocenters. The molecule has 0 saturated heterocycles. The summed E-state index contributed by atoms with van der Waals surface area (Å²) in [6.45, 7) is 12.1. The van der Waals surface area contributed by atoms with Crippen LogP contribution in [-0.2, 0) is 6.54 Å². The van der Waals surface area contributed by atoms with Crippen LogP contribution in [0.2, 0.25) is 0 Å². The average Bonchev–Trinajstić information content (AvgIpc) is 2.92. The van der Waals surface area contributed by atoms with Crippen LogP contribution < -0.4 is 10.6 Å². The lowest BCUT2D eigenvalue weighted by atomic mass is 10.2. The first-order chi connectivity index (χ1) is 12.0. The molecule has 2 rings (SSSR count). The van der Waals surface area contributed by atoms with Crippen molar-refractivity contribution in [2.75, 3.05) is 25.9 Å². The maximum Gasteiger partial charge on any atom is 0.191 e. The Morgan fingerprint density at radius 1 is 1.28 bits per heavy atom. The second kappa shape index (κ2) is 9.13. The van der Waals surface area contributed by atoms with Crippen LogP contribution in [0.3, 0.4) is 0 Å². The number of benzene rings is 1. The van der Waals surface area contributed by atoms with Gasteiger partial charge in [0.05, 0.1) is 17.6 Å². The van der Waals surface area contributed by atoms with Gasteiger partial charge in [-0.15, -0.1) is 0 Å². The fraction of sp³-hybridized carbons (Fsp3) is 0.579. The third kappa shape index (κ3) is 5.66. The topological polar surface area (TPSA) is 54.2 Å². The highest BCUT2D eigenvalue weighted by Crippen LogP contribution is 2.21. The zero-order valence-corrected chi connectivity index (χ0v) is 16.9. The Kier molecular flexibility index (Phi) is 7.17. The lowest BCUT2D eigenvalue weighted by Crippen LogP contribution is -2.39. The van der Waals surface area contributed by atoms with Crippen molar-refractivity contribution in [2.24, 2.45) is 4.99 Å². The summed E-state index contributed by atoms with van der Waals surface area (Å²) in [4.78, 5) is 9.34. The molecule has 0 saturated carbocycles. The molecule has 25 heavy (non-hydrogen) atoms. The van der Waals surface area contributed by atoms with Crippen molar-refractivity contribution in [3.05, 3.63) is 30.1 Å². The number of aryl methyl sites for hydroxylation is 2. The van der Waals surface area contributed by atoms with Crippen molar-refractivity contribution in [3.63, 3.8) is 0 Å². The summed E-state index contributed by atoms with van der Waals surface area (Å²) in [5.41, 5.74) is 2.28. The van der Waals surface area contributed by atoms with Crippen LogP contribution >= 0.6 is 11.8 Å². The maximum atomic E-state index is 4.71. The smallest absolute Gasteiger partial charge is 0.191 e. The first kappa shape index (κ1) is 19.6. The Balaban J connectivity index is 1.89. The summed E-state index contributed by atoms with van der Waals surface area (Å²) in [6, 6.07) is 8.32. The van der Waals surface area contributed by atoms with E-state index in [0.717, 1.165) is 49.9 Å². The molecule has 1 aromatic carbocycles. The third-order valence-electron chi connectivity index (χ3n) is 4.21. The number of fused-ring (bicyclic) bond motifs is 1. The van der Waals surface area contributed by atoms with Crippen molar-refractivity contribution in [2.45, 2.75) is 45.4 Å². The minimum absolute atomic E-state index is 0.162. The van der Waals surface area contributed by atoms with E-state index >= 15 is 0 Å². The molecule has 0 amide bonds. The molecule has 2 N–H and O–H groups in total. The van der Waals surface area contributed by atoms with Gasteiger partial charge in [-0.2, -0.15) is 11.8 Å². The van der Waals surface area contributed by atoms with Crippen molar-refractivity contribution in [1.82, 2.24) is 20.2 Å². The molecule has 6 heteroatoms. The number of aliphatic imine (C=N–C) groups is 1. The first-order valence-electron chi connectivity index (χ1n) is 8.96. The van der Waals surface area contributed by atoms with E-state index in [1.807, 2.05) is 17.8 Å². The summed E-state index contributed by atoms with van der Waals surface area (Å²) < 4.78 is 2.45. The molecular formula is C19H31N5S. The molecule has 2 aromatic rings. The highest BCUT2D eigenvalue weighted by molar-refractivity contribution is 7.99. The Labute approximate surface area is 155 Å². The number of nitrogens with one attached hydrogen (secondary N) is 2. The number of thioether (sulfide) groups is 1. The van der Waals surface area contributed by atoms with Gasteiger partial charge in [-0.1, -0.05) is 12.1 Å². The molecular weight excluding hydrogens is 330 g/mol. The summed E-state index contributed by atoms with van der Waals surface area (Å²) in [5, 5.41) is 6.77. The van der Waals surface area contributed by atoms with E-state index in [1.54, 1.807) is 0 Å². The summed E-state index contributed by atoms with van der Waals surface area (Å²) in [5.74, 6) is 1.97. The number of guanidine groups is 1. The van der Waals surface area contributed by atoms with Gasteiger partial charge in [0.2, 0.25) is 0 Å². The van der Waals surface area contributed by atoms with E-state index in [-0.39, 0.29) is 4.75 Å². The zero-order chi connectivity index (χ0) is 18.3. The van der Waals surface area contributed by atoms with E-state index in [9.17, 15) is 0 Å². The second-order valence-corrected chi connectivity index (χ2v) is 8.25. The fourth-order valence-electron chi connectivity index (χ4n) is 2.60. The number of para-hydroxylation sites is 2. The predicted molar refractivity (Wildman–Crippen MR) is 111 cm³/mol. The molecule has 1 heterocycles. The number of hydrogen-bond acceptors (Lipinski definition) is 3. The van der Waals surface area contributed by atoms with Crippen LogP contribution in [0.4, 0.5) is 0 Å². The van der Waals surface area contributed by atoms with Crippen LogP contribution in [0, 0.1) is 6.92 Å². The van der Waals surface area contributed by atoms with Gasteiger partial charge >= 0.3 is 0 Å². The molecule has 0 aliphatic carbocycles. The Morgan fingerprint density at radius 3 is 2.76 bits per heavy atom. The van der Waals surface area contributed by atoms with Gasteiger partial charge in [0, 0.05) is 24.4 Å². The molecule has 0 radical (unpaired) electrons. The van der Waals surface area contributed by atoms with E-state index in [4.69, 9.17) is 4.99 Å². The van der Waals surface area contributed by atoms with Gasteiger partial charge < -0.3 is 15.2 Å². The SMILES string of the molecule is CCNC(=NCC(C)(C)SC)NCCCn1c(C)nc2ccccc21. The van der Waals surface area contributed by atoms with Crippen molar-refractivity contribution >= 4 is 28.8 Å².